The van der Waals surface area contributed by atoms with Gasteiger partial charge in [0.15, 0.2) is 5.69 Å². The number of aromatic amines is 1. The minimum absolute atomic E-state index is 0.0672. The molecule has 0 bridgehead atoms. The van der Waals surface area contributed by atoms with Crippen molar-refractivity contribution in [1.82, 2.24) is 14.6 Å². The Labute approximate surface area is 164 Å². The Bertz CT molecular complexity index is 1280. The highest BCUT2D eigenvalue weighted by Gasteiger charge is 2.23. The number of carbonyl (C=O) groups excluding carboxylic acids is 1. The van der Waals surface area contributed by atoms with E-state index in [2.05, 4.69) is 15.4 Å². The molecule has 2 N–H and O–H groups in total. The third-order valence-electron chi connectivity index (χ3n) is 4.48. The molecule has 0 aliphatic heterocycles. The molecule has 0 radical (unpaired) electrons. The van der Waals surface area contributed by atoms with Crippen molar-refractivity contribution in [3.8, 4) is 11.1 Å². The van der Waals surface area contributed by atoms with Crippen LogP contribution in [0, 0.1) is 0 Å². The van der Waals surface area contributed by atoms with Crippen LogP contribution in [0.1, 0.15) is 17.4 Å². The van der Waals surface area contributed by atoms with E-state index in [1.807, 2.05) is 30.3 Å². The lowest BCUT2D eigenvalue weighted by molar-refractivity contribution is 0.0519. The van der Waals surface area contributed by atoms with E-state index >= 15 is 0 Å². The first-order chi connectivity index (χ1) is 13.5. The van der Waals surface area contributed by atoms with Gasteiger partial charge in [0.25, 0.3) is 0 Å². The second-order valence-corrected chi connectivity index (χ2v) is 6.53. The van der Waals surface area contributed by atoms with Gasteiger partial charge in [-0.2, -0.15) is 5.10 Å². The van der Waals surface area contributed by atoms with Gasteiger partial charge in [-0.3, -0.25) is 4.79 Å². The number of pyridine rings is 2. The molecule has 0 unspecified atom stereocenters. The molecule has 28 heavy (non-hydrogen) atoms. The molecule has 3 aromatic heterocycles. The molecule has 3 heterocycles. The Morgan fingerprint density at radius 3 is 2.82 bits per heavy atom. The number of rotatable bonds is 4. The van der Waals surface area contributed by atoms with Crippen LogP contribution in [-0.2, 0) is 4.74 Å². The first kappa shape index (κ1) is 18.1. The molecule has 0 saturated heterocycles. The van der Waals surface area contributed by atoms with Crippen LogP contribution < -0.4 is 10.9 Å². The van der Waals surface area contributed by atoms with Gasteiger partial charge in [-0.1, -0.05) is 17.7 Å². The molecule has 142 valence electrons. The Balaban J connectivity index is 1.98. The molecule has 0 saturated carbocycles. The molecule has 0 atom stereocenters. The second-order valence-electron chi connectivity index (χ2n) is 6.15. The maximum atomic E-state index is 12.3. The molecular weight excluding hydrogens is 380 g/mol. The number of aromatic nitrogens is 3. The molecule has 1 aromatic carbocycles. The lowest BCUT2D eigenvalue weighted by atomic mass is 10.0. The highest BCUT2D eigenvalue weighted by atomic mass is 35.5. The highest BCUT2D eigenvalue weighted by Crippen LogP contribution is 2.35. The summed E-state index contributed by atoms with van der Waals surface area (Å²) < 4.78 is 6.67. The standard InChI is InChI=1S/C20H17ClN4O3/c1-3-28-20(27)18-17(21)19-13(6-8-15(22-2)25(19)24-18)11-4-7-14-12(10-11)5-9-16(26)23-14/h4-10,22H,3H2,1-2H3,(H,23,26). The molecule has 4 aromatic rings. The molecule has 0 aliphatic carbocycles. The van der Waals surface area contributed by atoms with Gasteiger partial charge in [-0.25, -0.2) is 9.31 Å². The van der Waals surface area contributed by atoms with Crippen molar-refractivity contribution in [2.75, 3.05) is 19.0 Å². The van der Waals surface area contributed by atoms with Crippen molar-refractivity contribution < 1.29 is 9.53 Å². The molecule has 4 rings (SSSR count). The lowest BCUT2D eigenvalue weighted by Gasteiger charge is -2.10. The number of halogens is 1. The minimum Gasteiger partial charge on any atom is -0.461 e. The van der Waals surface area contributed by atoms with E-state index in [-0.39, 0.29) is 22.9 Å². The van der Waals surface area contributed by atoms with Crippen molar-refractivity contribution in [2.45, 2.75) is 6.92 Å². The van der Waals surface area contributed by atoms with Gasteiger partial charge in [-0.05, 0) is 48.2 Å². The Hall–Kier alpha value is -3.32. The summed E-state index contributed by atoms with van der Waals surface area (Å²) in [5, 5.41) is 8.52. The van der Waals surface area contributed by atoms with Crippen LogP contribution in [0.3, 0.4) is 0 Å². The zero-order chi connectivity index (χ0) is 19.8. The highest BCUT2D eigenvalue weighted by molar-refractivity contribution is 6.37. The quantitative estimate of drug-likeness (QED) is 0.513. The first-order valence-electron chi connectivity index (χ1n) is 8.73. The number of carbonyl (C=O) groups is 1. The number of anilines is 1. The fraction of sp³-hybridized carbons (Fsp3) is 0.150. The van der Waals surface area contributed by atoms with Gasteiger partial charge >= 0.3 is 5.97 Å². The van der Waals surface area contributed by atoms with Crippen molar-refractivity contribution in [3.05, 3.63) is 63.5 Å². The number of ether oxygens (including phenoxy) is 1. The molecule has 0 fully saturated rings. The van der Waals surface area contributed by atoms with Crippen molar-refractivity contribution >= 4 is 39.8 Å². The largest absolute Gasteiger partial charge is 0.461 e. The summed E-state index contributed by atoms with van der Waals surface area (Å²) in [6.45, 7) is 1.96. The van der Waals surface area contributed by atoms with Crippen molar-refractivity contribution in [2.24, 2.45) is 0 Å². The topological polar surface area (TPSA) is 88.5 Å². The summed E-state index contributed by atoms with van der Waals surface area (Å²) in [5.74, 6) is 0.113. The van der Waals surface area contributed by atoms with E-state index in [0.29, 0.717) is 11.3 Å². The summed E-state index contributed by atoms with van der Waals surface area (Å²) in [7, 11) is 1.76. The molecule has 8 heteroatoms. The van der Waals surface area contributed by atoms with E-state index in [1.165, 1.54) is 6.07 Å². The van der Waals surface area contributed by atoms with E-state index in [1.54, 1.807) is 24.6 Å². The molecular formula is C20H17ClN4O3. The lowest BCUT2D eigenvalue weighted by Crippen LogP contribution is -2.06. The molecule has 7 nitrogen and oxygen atoms in total. The van der Waals surface area contributed by atoms with Crippen LogP contribution >= 0.6 is 11.6 Å². The average molecular weight is 397 g/mol. The number of esters is 1. The summed E-state index contributed by atoms with van der Waals surface area (Å²) in [4.78, 5) is 26.6. The molecule has 0 spiro atoms. The predicted octanol–water partition coefficient (Wildman–Crippen LogP) is 3.71. The fourth-order valence-electron chi connectivity index (χ4n) is 3.19. The van der Waals surface area contributed by atoms with E-state index in [4.69, 9.17) is 16.3 Å². The monoisotopic (exact) mass is 396 g/mol. The van der Waals surface area contributed by atoms with Crippen LogP contribution in [0.25, 0.3) is 27.5 Å². The van der Waals surface area contributed by atoms with E-state index in [9.17, 15) is 9.59 Å². The number of fused-ring (bicyclic) bond motifs is 2. The zero-order valence-electron chi connectivity index (χ0n) is 15.2. The van der Waals surface area contributed by atoms with Crippen molar-refractivity contribution in [3.63, 3.8) is 0 Å². The normalized spacial score (nSPS) is 11.1. The van der Waals surface area contributed by atoms with Crippen LogP contribution in [0.4, 0.5) is 5.82 Å². The molecule has 0 amide bonds. The van der Waals surface area contributed by atoms with Gasteiger partial charge in [0.1, 0.15) is 10.8 Å². The Kier molecular flexibility index (Phi) is 4.52. The third kappa shape index (κ3) is 2.90. The number of hydrogen-bond donors (Lipinski definition) is 2. The van der Waals surface area contributed by atoms with Gasteiger partial charge in [0.2, 0.25) is 5.56 Å². The Morgan fingerprint density at radius 2 is 2.07 bits per heavy atom. The average Bonchev–Trinajstić information content (AvgIpc) is 3.05. The number of nitrogens with zero attached hydrogens (tertiary/aromatic N) is 2. The summed E-state index contributed by atoms with van der Waals surface area (Å²) in [6.07, 6.45) is 0. The number of benzene rings is 1. The maximum Gasteiger partial charge on any atom is 0.360 e. The van der Waals surface area contributed by atoms with Crippen LogP contribution in [0.15, 0.2) is 47.3 Å². The maximum absolute atomic E-state index is 12.3. The summed E-state index contributed by atoms with van der Waals surface area (Å²) >= 11 is 6.55. The van der Waals surface area contributed by atoms with Crippen LogP contribution in [-0.4, -0.2) is 34.2 Å². The predicted molar refractivity (Wildman–Crippen MR) is 109 cm³/mol. The molecule has 0 aliphatic rings. The van der Waals surface area contributed by atoms with Crippen molar-refractivity contribution in [1.29, 1.82) is 0 Å². The first-order valence-corrected chi connectivity index (χ1v) is 9.11. The van der Waals surface area contributed by atoms with Gasteiger partial charge < -0.3 is 15.0 Å². The van der Waals surface area contributed by atoms with E-state index in [0.717, 1.165) is 22.0 Å². The van der Waals surface area contributed by atoms with Gasteiger partial charge in [-0.15, -0.1) is 0 Å². The second kappa shape index (κ2) is 7.01. The van der Waals surface area contributed by atoms with Crippen LogP contribution in [0.5, 0.6) is 0 Å². The zero-order valence-corrected chi connectivity index (χ0v) is 16.0. The minimum atomic E-state index is -0.569. The SMILES string of the molecule is CCOC(=O)c1nn2c(NC)ccc(-c3ccc4[nH]c(=O)ccc4c3)c2c1Cl. The van der Waals surface area contributed by atoms with Gasteiger partial charge in [0.05, 0.1) is 12.1 Å². The van der Waals surface area contributed by atoms with Gasteiger partial charge in [0, 0.05) is 24.2 Å². The van der Waals surface area contributed by atoms with Crippen LogP contribution in [0.2, 0.25) is 5.02 Å². The number of H-pyrrole nitrogens is 1. The fourth-order valence-corrected chi connectivity index (χ4v) is 3.49. The van der Waals surface area contributed by atoms with E-state index < -0.39 is 5.97 Å². The number of nitrogens with one attached hydrogen (secondary N) is 2. The Morgan fingerprint density at radius 1 is 1.25 bits per heavy atom. The summed E-state index contributed by atoms with van der Waals surface area (Å²) in [6, 6.07) is 12.7. The third-order valence-corrected chi connectivity index (χ3v) is 4.84. The summed E-state index contributed by atoms with van der Waals surface area (Å²) in [5.41, 5.74) is 2.94. The smallest absolute Gasteiger partial charge is 0.360 e. The number of hydrogen-bond acceptors (Lipinski definition) is 5.